The first-order valence-corrected chi connectivity index (χ1v) is 7.39. The van der Waals surface area contributed by atoms with Crippen molar-refractivity contribution < 1.29 is 0 Å². The van der Waals surface area contributed by atoms with Gasteiger partial charge in [-0.1, -0.05) is 47.1 Å². The van der Waals surface area contributed by atoms with Crippen LogP contribution in [-0.2, 0) is 0 Å². The molecule has 2 rings (SSSR count). The Morgan fingerprint density at radius 2 is 2.10 bits per heavy atom. The minimum Gasteiger partial charge on any atom is -0.231 e. The molecule has 0 fully saturated rings. The Morgan fingerprint density at radius 1 is 1.25 bits per heavy atom. The Balaban J connectivity index is 2.17. The van der Waals surface area contributed by atoms with Crippen LogP contribution in [0.5, 0.6) is 0 Å². The van der Waals surface area contributed by atoms with Crippen molar-refractivity contribution in [3.8, 4) is 6.07 Å². The number of thioether (sulfide) groups is 1. The van der Waals surface area contributed by atoms with Crippen molar-refractivity contribution in [1.82, 2.24) is 9.97 Å². The fourth-order valence-corrected chi connectivity index (χ4v) is 2.40. The van der Waals surface area contributed by atoms with Crippen LogP contribution in [0.15, 0.2) is 35.6 Å². The molecule has 0 radical (unpaired) electrons. The molecule has 1 heterocycles. The van der Waals surface area contributed by atoms with E-state index in [9.17, 15) is 0 Å². The average molecular weight is 322 g/mol. The number of halogens is 2. The predicted molar refractivity (Wildman–Crippen MR) is 83.8 cm³/mol. The molecule has 100 valence electrons. The summed E-state index contributed by atoms with van der Waals surface area (Å²) < 4.78 is 0. The number of nitriles is 1. The van der Waals surface area contributed by atoms with Crippen molar-refractivity contribution >= 4 is 47.1 Å². The molecule has 0 unspecified atom stereocenters. The molecule has 0 aliphatic carbocycles. The van der Waals surface area contributed by atoms with Crippen LogP contribution in [0.4, 0.5) is 0 Å². The number of benzene rings is 1. The van der Waals surface area contributed by atoms with Gasteiger partial charge in [0.2, 0.25) is 0 Å². The van der Waals surface area contributed by atoms with E-state index in [1.165, 1.54) is 11.8 Å². The molecule has 3 nitrogen and oxygen atoms in total. The zero-order chi connectivity index (χ0) is 14.4. The highest BCUT2D eigenvalue weighted by molar-refractivity contribution is 7.99. The first-order chi connectivity index (χ1) is 9.69. The summed E-state index contributed by atoms with van der Waals surface area (Å²) in [6.45, 7) is 0. The van der Waals surface area contributed by atoms with Crippen LogP contribution in [0.1, 0.15) is 11.3 Å². The van der Waals surface area contributed by atoms with Crippen LogP contribution < -0.4 is 0 Å². The quantitative estimate of drug-likeness (QED) is 0.611. The molecule has 0 atom stereocenters. The Morgan fingerprint density at radius 3 is 2.85 bits per heavy atom. The van der Waals surface area contributed by atoms with E-state index in [1.807, 2.05) is 24.3 Å². The number of nitrogens with zero attached hydrogens (tertiary/aromatic N) is 3. The van der Waals surface area contributed by atoms with Crippen LogP contribution in [0.3, 0.4) is 0 Å². The van der Waals surface area contributed by atoms with E-state index in [1.54, 1.807) is 24.4 Å². The maximum absolute atomic E-state index is 8.54. The normalized spacial score (nSPS) is 10.7. The van der Waals surface area contributed by atoms with Crippen LogP contribution in [0.2, 0.25) is 10.0 Å². The van der Waals surface area contributed by atoms with Gasteiger partial charge in [-0.05, 0) is 29.8 Å². The van der Waals surface area contributed by atoms with Crippen molar-refractivity contribution in [3.63, 3.8) is 0 Å². The zero-order valence-corrected chi connectivity index (χ0v) is 12.6. The Hall–Kier alpha value is -1.54. The monoisotopic (exact) mass is 321 g/mol. The molecule has 6 heteroatoms. The molecule has 2 aromatic rings. The lowest BCUT2D eigenvalue weighted by Crippen LogP contribution is -1.89. The molecule has 0 aliphatic heterocycles. The first kappa shape index (κ1) is 14.9. The molecule has 0 amide bonds. The summed E-state index contributed by atoms with van der Waals surface area (Å²) in [5.41, 5.74) is 1.62. The Kier molecular flexibility index (Phi) is 5.42. The fraction of sp³-hybridized carbons (Fsp3) is 0.0714. The largest absolute Gasteiger partial charge is 0.231 e. The molecule has 1 aromatic heterocycles. The first-order valence-electron chi connectivity index (χ1n) is 5.65. The van der Waals surface area contributed by atoms with Crippen LogP contribution >= 0.6 is 35.0 Å². The molecule has 0 saturated heterocycles. The van der Waals surface area contributed by atoms with Gasteiger partial charge in [-0.15, -0.1) is 0 Å². The van der Waals surface area contributed by atoms with Crippen LogP contribution in [-0.4, -0.2) is 15.7 Å². The molecule has 0 N–H and O–H groups in total. The van der Waals surface area contributed by atoms with Gasteiger partial charge in [0, 0.05) is 16.2 Å². The van der Waals surface area contributed by atoms with Crippen molar-refractivity contribution in [2.75, 3.05) is 5.75 Å². The van der Waals surface area contributed by atoms with E-state index < -0.39 is 0 Å². The van der Waals surface area contributed by atoms with Gasteiger partial charge < -0.3 is 0 Å². The summed E-state index contributed by atoms with van der Waals surface area (Å²) >= 11 is 13.2. The summed E-state index contributed by atoms with van der Waals surface area (Å²) in [6, 6.07) is 9.14. The number of rotatable bonds is 4. The lowest BCUT2D eigenvalue weighted by Gasteiger charge is -1.99. The molecular formula is C14H9Cl2N3S. The minimum atomic E-state index is 0.330. The van der Waals surface area contributed by atoms with Crippen LogP contribution in [0.25, 0.3) is 12.2 Å². The van der Waals surface area contributed by atoms with Gasteiger partial charge in [0.15, 0.2) is 5.16 Å². The van der Waals surface area contributed by atoms with E-state index in [4.69, 9.17) is 28.5 Å². The SMILES string of the molecule is N#CCSc1nccc(/C=C/c2ccc(Cl)cc2Cl)n1. The third kappa shape index (κ3) is 4.24. The molecule has 0 saturated carbocycles. The van der Waals surface area contributed by atoms with Gasteiger partial charge in [0.05, 0.1) is 17.5 Å². The van der Waals surface area contributed by atoms with Gasteiger partial charge in [0.25, 0.3) is 0 Å². The summed E-state index contributed by atoms with van der Waals surface area (Å²) in [7, 11) is 0. The molecular weight excluding hydrogens is 313 g/mol. The minimum absolute atomic E-state index is 0.330. The third-order valence-electron chi connectivity index (χ3n) is 2.32. The highest BCUT2D eigenvalue weighted by Gasteiger charge is 2.00. The van der Waals surface area contributed by atoms with Crippen molar-refractivity contribution in [2.45, 2.75) is 5.16 Å². The predicted octanol–water partition coefficient (Wildman–Crippen LogP) is 4.57. The Bertz CT molecular complexity index is 680. The summed E-state index contributed by atoms with van der Waals surface area (Å²) in [5.74, 6) is 0.330. The lowest BCUT2D eigenvalue weighted by molar-refractivity contribution is 0.960. The molecule has 0 bridgehead atoms. The van der Waals surface area contributed by atoms with Gasteiger partial charge in [0.1, 0.15) is 0 Å². The zero-order valence-electron chi connectivity index (χ0n) is 10.3. The molecule has 1 aromatic carbocycles. The second-order valence-electron chi connectivity index (χ2n) is 3.71. The Labute approximate surface area is 131 Å². The molecule has 0 spiro atoms. The standard InChI is InChI=1S/C14H9Cl2N3S/c15-11-3-1-10(13(16)9-11)2-4-12-5-7-18-14(19-12)20-8-6-17/h1-5,7,9H,8H2/b4-2+. The van der Waals surface area contributed by atoms with Gasteiger partial charge >= 0.3 is 0 Å². The van der Waals surface area contributed by atoms with E-state index in [0.29, 0.717) is 21.0 Å². The highest BCUT2D eigenvalue weighted by atomic mass is 35.5. The van der Waals surface area contributed by atoms with E-state index in [0.717, 1.165) is 11.3 Å². The molecule has 0 aliphatic rings. The smallest absolute Gasteiger partial charge is 0.189 e. The third-order valence-corrected chi connectivity index (χ3v) is 3.61. The summed E-state index contributed by atoms with van der Waals surface area (Å²) in [5, 5.41) is 10.3. The second-order valence-corrected chi connectivity index (χ2v) is 5.50. The van der Waals surface area contributed by atoms with Crippen molar-refractivity contribution in [3.05, 3.63) is 51.8 Å². The maximum atomic E-state index is 8.54. The molecule has 20 heavy (non-hydrogen) atoms. The average Bonchev–Trinajstić information content (AvgIpc) is 2.45. The van der Waals surface area contributed by atoms with E-state index >= 15 is 0 Å². The van der Waals surface area contributed by atoms with Crippen molar-refractivity contribution in [1.29, 1.82) is 5.26 Å². The number of aromatic nitrogens is 2. The topological polar surface area (TPSA) is 49.6 Å². The number of hydrogen-bond acceptors (Lipinski definition) is 4. The van der Waals surface area contributed by atoms with Crippen molar-refractivity contribution in [2.24, 2.45) is 0 Å². The van der Waals surface area contributed by atoms with E-state index in [2.05, 4.69) is 9.97 Å². The highest BCUT2D eigenvalue weighted by Crippen LogP contribution is 2.22. The summed E-state index contributed by atoms with van der Waals surface area (Å²) in [4.78, 5) is 8.40. The van der Waals surface area contributed by atoms with Gasteiger partial charge in [-0.25, -0.2) is 9.97 Å². The lowest BCUT2D eigenvalue weighted by atomic mass is 10.2. The summed E-state index contributed by atoms with van der Waals surface area (Å²) in [6.07, 6.45) is 5.36. The van der Waals surface area contributed by atoms with Gasteiger partial charge in [-0.2, -0.15) is 5.26 Å². The van der Waals surface area contributed by atoms with Crippen LogP contribution in [0, 0.1) is 11.3 Å². The number of hydrogen-bond donors (Lipinski definition) is 0. The second kappa shape index (κ2) is 7.30. The fourth-order valence-electron chi connectivity index (χ4n) is 1.42. The van der Waals surface area contributed by atoms with E-state index in [-0.39, 0.29) is 0 Å². The maximum Gasteiger partial charge on any atom is 0.189 e. The van der Waals surface area contributed by atoms with Gasteiger partial charge in [-0.3, -0.25) is 0 Å².